The molecule has 1 atom stereocenters. The molecule has 1 aromatic rings. The summed E-state index contributed by atoms with van der Waals surface area (Å²) in [6, 6.07) is 9.67. The number of urea groups is 1. The summed E-state index contributed by atoms with van der Waals surface area (Å²) in [6.45, 7) is 12.8. The molecule has 1 saturated carbocycles. The van der Waals surface area contributed by atoms with Crippen molar-refractivity contribution in [2.24, 2.45) is 11.3 Å². The SMILES string of the molecule is CCN(CC)C(CNC(=O)CN1C(=O)NC2(CCC(C(C)(C)C)CC2)C1=O)c1ccccc1. The zero-order valence-electron chi connectivity index (χ0n) is 20.8. The van der Waals surface area contributed by atoms with Crippen LogP contribution in [0.2, 0.25) is 0 Å². The van der Waals surface area contributed by atoms with Crippen LogP contribution in [-0.4, -0.2) is 59.4 Å². The molecular formula is C26H40N4O3. The standard InChI is InChI=1S/C26H40N4O3/c1-6-29(7-2)21(19-11-9-8-10-12-19)17-27-22(31)18-30-23(32)26(28-24(30)33)15-13-20(14-16-26)25(3,4)5/h8-12,20-21H,6-7,13-18H2,1-5H3,(H,27,31)(H,28,33). The predicted octanol–water partition coefficient (Wildman–Crippen LogP) is 3.71. The third kappa shape index (κ3) is 5.57. The molecule has 182 valence electrons. The second-order valence-corrected chi connectivity index (χ2v) is 10.5. The second-order valence-electron chi connectivity index (χ2n) is 10.5. The van der Waals surface area contributed by atoms with Gasteiger partial charge in [0, 0.05) is 6.54 Å². The first kappa shape index (κ1) is 25.2. The van der Waals surface area contributed by atoms with E-state index in [1.54, 1.807) is 0 Å². The summed E-state index contributed by atoms with van der Waals surface area (Å²) < 4.78 is 0. The maximum absolute atomic E-state index is 13.2. The summed E-state index contributed by atoms with van der Waals surface area (Å²) in [5.41, 5.74) is 0.478. The van der Waals surface area contributed by atoms with E-state index in [2.05, 4.69) is 62.3 Å². The lowest BCUT2D eigenvalue weighted by Crippen LogP contribution is -2.51. The Kier molecular flexibility index (Phi) is 7.83. The highest BCUT2D eigenvalue weighted by Gasteiger charge is 2.53. The Labute approximate surface area is 198 Å². The first-order chi connectivity index (χ1) is 15.6. The van der Waals surface area contributed by atoms with Crippen LogP contribution in [0.5, 0.6) is 0 Å². The van der Waals surface area contributed by atoms with Gasteiger partial charge < -0.3 is 10.6 Å². The average Bonchev–Trinajstić information content (AvgIpc) is 3.00. The van der Waals surface area contributed by atoms with E-state index in [1.807, 2.05) is 18.2 Å². The van der Waals surface area contributed by atoms with Crippen LogP contribution in [0.3, 0.4) is 0 Å². The van der Waals surface area contributed by atoms with Gasteiger partial charge in [0.15, 0.2) is 0 Å². The Hall–Kier alpha value is -2.41. The summed E-state index contributed by atoms with van der Waals surface area (Å²) in [6.07, 6.45) is 3.07. The number of rotatable bonds is 8. The van der Waals surface area contributed by atoms with E-state index >= 15 is 0 Å². The number of likely N-dealkylation sites (N-methyl/N-ethyl adjacent to an activating group) is 1. The molecule has 1 unspecified atom stereocenters. The monoisotopic (exact) mass is 456 g/mol. The number of carbonyl (C=O) groups excluding carboxylic acids is 3. The van der Waals surface area contributed by atoms with Gasteiger partial charge in [-0.25, -0.2) is 4.79 Å². The van der Waals surface area contributed by atoms with Crippen LogP contribution >= 0.6 is 0 Å². The number of imide groups is 1. The summed E-state index contributed by atoms with van der Waals surface area (Å²) in [5, 5.41) is 5.89. The number of nitrogens with one attached hydrogen (secondary N) is 2. The maximum Gasteiger partial charge on any atom is 0.325 e. The van der Waals surface area contributed by atoms with Gasteiger partial charge in [-0.1, -0.05) is 65.0 Å². The summed E-state index contributed by atoms with van der Waals surface area (Å²) in [4.78, 5) is 42.0. The van der Waals surface area contributed by atoms with Crippen LogP contribution in [0, 0.1) is 11.3 Å². The van der Waals surface area contributed by atoms with Gasteiger partial charge in [0.25, 0.3) is 5.91 Å². The molecule has 2 fully saturated rings. The van der Waals surface area contributed by atoms with E-state index in [9.17, 15) is 14.4 Å². The lowest BCUT2D eigenvalue weighted by Gasteiger charge is -2.40. The van der Waals surface area contributed by atoms with Crippen molar-refractivity contribution >= 4 is 17.8 Å². The first-order valence-corrected chi connectivity index (χ1v) is 12.3. The molecule has 4 amide bonds. The molecule has 0 aromatic heterocycles. The number of amides is 4. The van der Waals surface area contributed by atoms with Gasteiger partial charge >= 0.3 is 6.03 Å². The van der Waals surface area contributed by atoms with Gasteiger partial charge in [-0.05, 0) is 55.7 Å². The van der Waals surface area contributed by atoms with Crippen LogP contribution in [0.25, 0.3) is 0 Å². The largest absolute Gasteiger partial charge is 0.353 e. The van der Waals surface area contributed by atoms with Crippen molar-refractivity contribution in [3.8, 4) is 0 Å². The quantitative estimate of drug-likeness (QED) is 0.584. The van der Waals surface area contributed by atoms with E-state index < -0.39 is 11.6 Å². The Bertz CT molecular complexity index is 837. The number of carbonyl (C=O) groups is 3. The van der Waals surface area contributed by atoms with Crippen LogP contribution in [0.1, 0.15) is 71.9 Å². The minimum Gasteiger partial charge on any atom is -0.353 e. The summed E-state index contributed by atoms with van der Waals surface area (Å²) >= 11 is 0. The van der Waals surface area contributed by atoms with Crippen molar-refractivity contribution in [1.82, 2.24) is 20.4 Å². The van der Waals surface area contributed by atoms with Crippen molar-refractivity contribution in [3.63, 3.8) is 0 Å². The second kappa shape index (κ2) is 10.2. The summed E-state index contributed by atoms with van der Waals surface area (Å²) in [7, 11) is 0. The highest BCUT2D eigenvalue weighted by Crippen LogP contribution is 2.43. The van der Waals surface area contributed by atoms with Crippen LogP contribution in [-0.2, 0) is 9.59 Å². The van der Waals surface area contributed by atoms with Gasteiger partial charge in [-0.15, -0.1) is 0 Å². The molecule has 1 aliphatic heterocycles. The van der Waals surface area contributed by atoms with E-state index in [1.165, 1.54) is 0 Å². The van der Waals surface area contributed by atoms with E-state index in [0.717, 1.165) is 36.4 Å². The highest BCUT2D eigenvalue weighted by atomic mass is 16.2. The zero-order valence-corrected chi connectivity index (χ0v) is 20.8. The number of hydrogen-bond acceptors (Lipinski definition) is 4. The van der Waals surface area contributed by atoms with Crippen molar-refractivity contribution < 1.29 is 14.4 Å². The summed E-state index contributed by atoms with van der Waals surface area (Å²) in [5.74, 6) is -0.0365. The van der Waals surface area contributed by atoms with Crippen LogP contribution in [0.4, 0.5) is 4.79 Å². The van der Waals surface area contributed by atoms with Crippen molar-refractivity contribution in [1.29, 1.82) is 0 Å². The fourth-order valence-electron chi connectivity index (χ4n) is 5.34. The zero-order chi connectivity index (χ0) is 24.2. The molecule has 1 spiro atoms. The van der Waals surface area contributed by atoms with E-state index in [-0.39, 0.29) is 29.8 Å². The lowest BCUT2D eigenvalue weighted by atomic mass is 9.67. The highest BCUT2D eigenvalue weighted by molar-refractivity contribution is 6.09. The van der Waals surface area contributed by atoms with Gasteiger partial charge in [0.05, 0.1) is 6.04 Å². The third-order valence-electron chi connectivity index (χ3n) is 7.54. The molecule has 33 heavy (non-hydrogen) atoms. The molecule has 2 N–H and O–H groups in total. The number of nitrogens with zero attached hydrogens (tertiary/aromatic N) is 2. The van der Waals surface area contributed by atoms with Crippen molar-refractivity contribution in [2.75, 3.05) is 26.2 Å². The Morgan fingerprint density at radius 1 is 1.15 bits per heavy atom. The minimum atomic E-state index is -0.840. The van der Waals surface area contributed by atoms with Gasteiger partial charge in [0.1, 0.15) is 12.1 Å². The van der Waals surface area contributed by atoms with Gasteiger partial charge in [-0.2, -0.15) is 0 Å². The molecule has 1 aliphatic carbocycles. The lowest BCUT2D eigenvalue weighted by molar-refractivity contribution is -0.136. The normalized spacial score (nSPS) is 24.3. The molecule has 1 aromatic carbocycles. The molecule has 7 heteroatoms. The topological polar surface area (TPSA) is 81.8 Å². The molecular weight excluding hydrogens is 416 g/mol. The van der Waals surface area contributed by atoms with Crippen LogP contribution < -0.4 is 10.6 Å². The molecule has 1 saturated heterocycles. The molecule has 2 aliphatic rings. The minimum absolute atomic E-state index is 0.0345. The Morgan fingerprint density at radius 2 is 1.76 bits per heavy atom. The van der Waals surface area contributed by atoms with Crippen molar-refractivity contribution in [2.45, 2.75) is 71.9 Å². The molecule has 0 bridgehead atoms. The van der Waals surface area contributed by atoms with Gasteiger partial charge in [0.2, 0.25) is 5.91 Å². The number of hydrogen-bond donors (Lipinski definition) is 2. The average molecular weight is 457 g/mol. The molecule has 7 nitrogen and oxygen atoms in total. The van der Waals surface area contributed by atoms with Crippen molar-refractivity contribution in [3.05, 3.63) is 35.9 Å². The van der Waals surface area contributed by atoms with E-state index in [0.29, 0.717) is 25.3 Å². The Morgan fingerprint density at radius 3 is 2.30 bits per heavy atom. The van der Waals surface area contributed by atoms with E-state index in [4.69, 9.17) is 0 Å². The molecule has 1 heterocycles. The fourth-order valence-corrected chi connectivity index (χ4v) is 5.34. The van der Waals surface area contributed by atoms with Gasteiger partial charge in [-0.3, -0.25) is 19.4 Å². The Balaban J connectivity index is 1.61. The molecule has 3 rings (SSSR count). The predicted molar refractivity (Wildman–Crippen MR) is 130 cm³/mol. The van der Waals surface area contributed by atoms with Crippen LogP contribution in [0.15, 0.2) is 30.3 Å². The maximum atomic E-state index is 13.2. The fraction of sp³-hybridized carbons (Fsp3) is 0.654. The first-order valence-electron chi connectivity index (χ1n) is 12.3. The third-order valence-corrected chi connectivity index (χ3v) is 7.54. The smallest absolute Gasteiger partial charge is 0.325 e. The molecule has 0 radical (unpaired) electrons. The number of benzene rings is 1.